The van der Waals surface area contributed by atoms with Crippen molar-refractivity contribution in [2.45, 2.75) is 26.7 Å². The van der Waals surface area contributed by atoms with Gasteiger partial charge in [-0.3, -0.25) is 9.69 Å². The third kappa shape index (κ3) is 4.31. The van der Waals surface area contributed by atoms with Crippen molar-refractivity contribution in [3.8, 4) is 0 Å². The molecule has 3 nitrogen and oxygen atoms in total. The molecule has 0 aromatic carbocycles. The summed E-state index contributed by atoms with van der Waals surface area (Å²) >= 11 is 0. The second-order valence-corrected chi connectivity index (χ2v) is 4.83. The fraction of sp³-hybridized carbons (Fsp3) is 0.917. The first-order chi connectivity index (χ1) is 7.13. The van der Waals surface area contributed by atoms with Crippen molar-refractivity contribution >= 4 is 5.78 Å². The molecule has 1 fully saturated rings. The Morgan fingerprint density at radius 2 is 2.00 bits per heavy atom. The van der Waals surface area contributed by atoms with Crippen molar-refractivity contribution in [3.05, 3.63) is 0 Å². The number of rotatable bonds is 5. The summed E-state index contributed by atoms with van der Waals surface area (Å²) in [6, 6.07) is 0. The van der Waals surface area contributed by atoms with E-state index in [1.54, 1.807) is 7.11 Å². The number of ether oxygens (including phenoxy) is 1. The van der Waals surface area contributed by atoms with Gasteiger partial charge in [0.2, 0.25) is 0 Å². The Morgan fingerprint density at radius 1 is 1.40 bits per heavy atom. The molecule has 88 valence electrons. The van der Waals surface area contributed by atoms with Gasteiger partial charge in [0.05, 0.1) is 6.54 Å². The molecule has 0 aliphatic carbocycles. The average Bonchev–Trinajstić information content (AvgIpc) is 2.18. The summed E-state index contributed by atoms with van der Waals surface area (Å²) in [6.07, 6.45) is 2.47. The molecule has 0 atom stereocenters. The Kier molecular flexibility index (Phi) is 5.26. The Morgan fingerprint density at radius 3 is 2.47 bits per heavy atom. The molecular weight excluding hydrogens is 190 g/mol. The summed E-state index contributed by atoms with van der Waals surface area (Å²) in [6.45, 7) is 7.53. The van der Waals surface area contributed by atoms with E-state index in [1.165, 1.54) is 12.8 Å². The lowest BCUT2D eigenvalue weighted by Crippen LogP contribution is -2.39. The van der Waals surface area contributed by atoms with Crippen LogP contribution in [0.4, 0.5) is 0 Å². The van der Waals surface area contributed by atoms with E-state index in [1.807, 2.05) is 0 Å². The van der Waals surface area contributed by atoms with Crippen molar-refractivity contribution < 1.29 is 9.53 Å². The Bertz CT molecular complexity index is 196. The molecule has 1 heterocycles. The van der Waals surface area contributed by atoms with E-state index < -0.39 is 0 Å². The van der Waals surface area contributed by atoms with Gasteiger partial charge in [0.1, 0.15) is 6.61 Å². The predicted octanol–water partition coefficient (Wildman–Crippen LogP) is 1.57. The molecule has 0 amide bonds. The van der Waals surface area contributed by atoms with Crippen LogP contribution in [0.1, 0.15) is 26.7 Å². The van der Waals surface area contributed by atoms with Crippen molar-refractivity contribution in [2.75, 3.05) is 33.4 Å². The summed E-state index contributed by atoms with van der Waals surface area (Å²) < 4.78 is 4.83. The highest BCUT2D eigenvalue weighted by atomic mass is 16.5. The highest BCUT2D eigenvalue weighted by Crippen LogP contribution is 2.23. The normalized spacial score (nSPS) is 19.7. The van der Waals surface area contributed by atoms with Crippen LogP contribution in [-0.4, -0.2) is 44.0 Å². The molecule has 1 aliphatic rings. The number of methoxy groups -OCH3 is 1. The highest BCUT2D eigenvalue weighted by molar-refractivity contribution is 5.81. The molecular formula is C12H23NO2. The fourth-order valence-corrected chi connectivity index (χ4v) is 2.23. The van der Waals surface area contributed by atoms with E-state index in [2.05, 4.69) is 18.7 Å². The number of Topliss-reactive ketones (excluding diaryl/α,β-unsaturated/α-hetero) is 1. The SMILES string of the molecule is COCC(=O)CN1CCC(C(C)C)CC1. The Balaban J connectivity index is 2.22. The lowest BCUT2D eigenvalue weighted by molar-refractivity contribution is -0.124. The molecule has 0 saturated carbocycles. The summed E-state index contributed by atoms with van der Waals surface area (Å²) in [4.78, 5) is 13.6. The van der Waals surface area contributed by atoms with E-state index in [-0.39, 0.29) is 12.4 Å². The van der Waals surface area contributed by atoms with Crippen LogP contribution in [-0.2, 0) is 9.53 Å². The van der Waals surface area contributed by atoms with E-state index in [0.717, 1.165) is 24.9 Å². The highest BCUT2D eigenvalue weighted by Gasteiger charge is 2.22. The smallest absolute Gasteiger partial charge is 0.172 e. The molecule has 1 rings (SSSR count). The summed E-state index contributed by atoms with van der Waals surface area (Å²) in [5.74, 6) is 1.82. The molecule has 0 aromatic rings. The minimum absolute atomic E-state index is 0.195. The molecule has 0 unspecified atom stereocenters. The first-order valence-corrected chi connectivity index (χ1v) is 5.86. The number of likely N-dealkylation sites (tertiary alicyclic amines) is 1. The number of hydrogen-bond donors (Lipinski definition) is 0. The van der Waals surface area contributed by atoms with Crippen molar-refractivity contribution in [1.82, 2.24) is 4.90 Å². The van der Waals surface area contributed by atoms with Gasteiger partial charge in [0.15, 0.2) is 5.78 Å². The zero-order valence-corrected chi connectivity index (χ0v) is 10.2. The fourth-order valence-electron chi connectivity index (χ4n) is 2.23. The molecule has 1 aliphatic heterocycles. The van der Waals surface area contributed by atoms with Crippen molar-refractivity contribution in [2.24, 2.45) is 11.8 Å². The minimum Gasteiger partial charge on any atom is -0.377 e. The van der Waals surface area contributed by atoms with Crippen LogP contribution in [0, 0.1) is 11.8 Å². The van der Waals surface area contributed by atoms with Crippen LogP contribution in [0.15, 0.2) is 0 Å². The molecule has 0 aromatic heterocycles. The maximum absolute atomic E-state index is 11.4. The van der Waals surface area contributed by atoms with Gasteiger partial charge in [0, 0.05) is 7.11 Å². The topological polar surface area (TPSA) is 29.5 Å². The third-order valence-electron chi connectivity index (χ3n) is 3.28. The number of ketones is 1. The van der Waals surface area contributed by atoms with E-state index in [9.17, 15) is 4.79 Å². The standard InChI is InChI=1S/C12H23NO2/c1-10(2)11-4-6-13(7-5-11)8-12(14)9-15-3/h10-11H,4-9H2,1-3H3. The van der Waals surface area contributed by atoms with Crippen molar-refractivity contribution in [3.63, 3.8) is 0 Å². The van der Waals surface area contributed by atoms with Crippen LogP contribution in [0.25, 0.3) is 0 Å². The molecule has 1 saturated heterocycles. The number of nitrogens with zero attached hydrogens (tertiary/aromatic N) is 1. The molecule has 15 heavy (non-hydrogen) atoms. The van der Waals surface area contributed by atoms with Crippen LogP contribution in [0.2, 0.25) is 0 Å². The van der Waals surface area contributed by atoms with Gasteiger partial charge in [-0.15, -0.1) is 0 Å². The first-order valence-electron chi connectivity index (χ1n) is 5.86. The molecule has 0 radical (unpaired) electrons. The lowest BCUT2D eigenvalue weighted by Gasteiger charge is -2.33. The zero-order chi connectivity index (χ0) is 11.3. The van der Waals surface area contributed by atoms with Crippen LogP contribution in [0.3, 0.4) is 0 Å². The minimum atomic E-state index is 0.195. The van der Waals surface area contributed by atoms with Gasteiger partial charge in [-0.1, -0.05) is 13.8 Å². The quantitative estimate of drug-likeness (QED) is 0.694. The summed E-state index contributed by atoms with van der Waals surface area (Å²) in [5.41, 5.74) is 0. The second kappa shape index (κ2) is 6.23. The van der Waals surface area contributed by atoms with Crippen LogP contribution in [0.5, 0.6) is 0 Å². The van der Waals surface area contributed by atoms with Gasteiger partial charge < -0.3 is 4.74 Å². The monoisotopic (exact) mass is 213 g/mol. The van der Waals surface area contributed by atoms with Crippen LogP contribution < -0.4 is 0 Å². The zero-order valence-electron chi connectivity index (χ0n) is 10.2. The number of hydrogen-bond acceptors (Lipinski definition) is 3. The van der Waals surface area contributed by atoms with Crippen LogP contribution >= 0.6 is 0 Å². The van der Waals surface area contributed by atoms with Crippen molar-refractivity contribution in [1.29, 1.82) is 0 Å². The van der Waals surface area contributed by atoms with Gasteiger partial charge in [-0.05, 0) is 37.8 Å². The maximum Gasteiger partial charge on any atom is 0.172 e. The molecule has 0 bridgehead atoms. The summed E-state index contributed by atoms with van der Waals surface area (Å²) in [7, 11) is 1.57. The van der Waals surface area contributed by atoms with E-state index >= 15 is 0 Å². The third-order valence-corrected chi connectivity index (χ3v) is 3.28. The number of carbonyl (C=O) groups excluding carboxylic acids is 1. The Labute approximate surface area is 92.8 Å². The largest absolute Gasteiger partial charge is 0.377 e. The van der Waals surface area contributed by atoms with E-state index in [4.69, 9.17) is 4.74 Å². The van der Waals surface area contributed by atoms with Gasteiger partial charge in [0.25, 0.3) is 0 Å². The number of carbonyl (C=O) groups is 1. The van der Waals surface area contributed by atoms with Gasteiger partial charge >= 0.3 is 0 Å². The predicted molar refractivity (Wildman–Crippen MR) is 60.9 cm³/mol. The molecule has 0 N–H and O–H groups in total. The van der Waals surface area contributed by atoms with Gasteiger partial charge in [-0.25, -0.2) is 0 Å². The first kappa shape index (κ1) is 12.7. The average molecular weight is 213 g/mol. The maximum atomic E-state index is 11.4. The van der Waals surface area contributed by atoms with E-state index in [0.29, 0.717) is 6.54 Å². The Hall–Kier alpha value is -0.410. The summed E-state index contributed by atoms with van der Waals surface area (Å²) in [5, 5.41) is 0. The lowest BCUT2D eigenvalue weighted by atomic mass is 9.87. The second-order valence-electron chi connectivity index (χ2n) is 4.83. The van der Waals surface area contributed by atoms with Gasteiger partial charge in [-0.2, -0.15) is 0 Å². The number of piperidine rings is 1. The molecule has 0 spiro atoms. The molecule has 3 heteroatoms.